The van der Waals surface area contributed by atoms with Crippen LogP contribution in [-0.2, 0) is 0 Å². The largest absolute Gasteiger partial charge is 0.349 e. The van der Waals surface area contributed by atoms with Gasteiger partial charge in [-0.25, -0.2) is 13.2 Å². The number of amides is 1. The van der Waals surface area contributed by atoms with Crippen LogP contribution in [0, 0.1) is 23.4 Å². The Morgan fingerprint density at radius 2 is 1.95 bits per heavy atom. The van der Waals surface area contributed by atoms with E-state index in [-0.39, 0.29) is 12.0 Å². The number of benzene rings is 1. The first-order valence-electron chi connectivity index (χ1n) is 6.15. The molecule has 1 fully saturated rings. The predicted octanol–water partition coefficient (Wildman–Crippen LogP) is 1.83. The maximum atomic E-state index is 13.5. The molecule has 2 atom stereocenters. The van der Waals surface area contributed by atoms with Gasteiger partial charge in [-0.2, -0.15) is 0 Å². The summed E-state index contributed by atoms with van der Waals surface area (Å²) in [6.07, 6.45) is 0.692. The van der Waals surface area contributed by atoms with Crippen molar-refractivity contribution < 1.29 is 18.0 Å². The van der Waals surface area contributed by atoms with Crippen molar-refractivity contribution in [2.45, 2.75) is 19.4 Å². The van der Waals surface area contributed by atoms with Gasteiger partial charge in [-0.05, 0) is 25.4 Å². The minimum absolute atomic E-state index is 0.141. The average molecular weight is 272 g/mol. The molecule has 1 amide bonds. The summed E-state index contributed by atoms with van der Waals surface area (Å²) in [6.45, 7) is 3.41. The lowest BCUT2D eigenvalue weighted by atomic mass is 9.95. The fourth-order valence-electron chi connectivity index (χ4n) is 2.23. The highest BCUT2D eigenvalue weighted by atomic mass is 19.1. The number of nitrogens with one attached hydrogen (secondary N) is 2. The van der Waals surface area contributed by atoms with Gasteiger partial charge in [0.05, 0.1) is 0 Å². The summed E-state index contributed by atoms with van der Waals surface area (Å²) in [6, 6.07) is 0.867. The molecule has 1 aliphatic rings. The third-order valence-electron chi connectivity index (χ3n) is 3.34. The summed E-state index contributed by atoms with van der Waals surface area (Å²) in [5.41, 5.74) is -0.730. The Hall–Kier alpha value is -1.56. The van der Waals surface area contributed by atoms with Gasteiger partial charge in [-0.15, -0.1) is 0 Å². The van der Waals surface area contributed by atoms with Crippen LogP contribution in [0.15, 0.2) is 12.1 Å². The van der Waals surface area contributed by atoms with Crippen molar-refractivity contribution >= 4 is 5.91 Å². The number of rotatable bonds is 2. The molecule has 19 heavy (non-hydrogen) atoms. The molecule has 0 spiro atoms. The van der Waals surface area contributed by atoms with Crippen molar-refractivity contribution in [3.05, 3.63) is 35.1 Å². The van der Waals surface area contributed by atoms with Crippen LogP contribution in [0.4, 0.5) is 13.2 Å². The molecule has 0 radical (unpaired) electrons. The van der Waals surface area contributed by atoms with Crippen LogP contribution in [-0.4, -0.2) is 25.0 Å². The van der Waals surface area contributed by atoms with Crippen LogP contribution in [0.25, 0.3) is 0 Å². The fraction of sp³-hybridized carbons (Fsp3) is 0.462. The molecule has 0 bridgehead atoms. The first-order chi connectivity index (χ1) is 8.99. The van der Waals surface area contributed by atoms with E-state index in [1.807, 2.05) is 6.92 Å². The van der Waals surface area contributed by atoms with Crippen LogP contribution in [0.2, 0.25) is 0 Å². The molecule has 1 aliphatic heterocycles. The normalized spacial score (nSPS) is 23.2. The van der Waals surface area contributed by atoms with Crippen molar-refractivity contribution in [1.29, 1.82) is 0 Å². The number of carbonyl (C=O) groups excluding carboxylic acids is 1. The Morgan fingerprint density at radius 1 is 1.32 bits per heavy atom. The van der Waals surface area contributed by atoms with E-state index in [0.717, 1.165) is 13.1 Å². The highest BCUT2D eigenvalue weighted by Gasteiger charge is 2.26. The van der Waals surface area contributed by atoms with E-state index in [9.17, 15) is 18.0 Å². The van der Waals surface area contributed by atoms with Crippen LogP contribution < -0.4 is 10.6 Å². The quantitative estimate of drug-likeness (QED) is 0.862. The van der Waals surface area contributed by atoms with Crippen molar-refractivity contribution in [1.82, 2.24) is 10.6 Å². The van der Waals surface area contributed by atoms with E-state index in [1.54, 1.807) is 0 Å². The number of halogens is 3. The first kappa shape index (κ1) is 13.9. The van der Waals surface area contributed by atoms with Crippen LogP contribution in [0.1, 0.15) is 23.7 Å². The maximum absolute atomic E-state index is 13.5. The molecule has 3 nitrogen and oxygen atoms in total. The van der Waals surface area contributed by atoms with Crippen molar-refractivity contribution in [2.24, 2.45) is 5.92 Å². The van der Waals surface area contributed by atoms with Gasteiger partial charge < -0.3 is 10.6 Å². The van der Waals surface area contributed by atoms with Gasteiger partial charge in [0.1, 0.15) is 23.0 Å². The molecule has 1 heterocycles. The molecule has 1 aromatic rings. The van der Waals surface area contributed by atoms with Crippen molar-refractivity contribution in [2.75, 3.05) is 13.1 Å². The molecule has 6 heteroatoms. The van der Waals surface area contributed by atoms with Crippen LogP contribution in [0.3, 0.4) is 0 Å². The molecule has 104 valence electrons. The average Bonchev–Trinajstić information content (AvgIpc) is 2.30. The molecule has 2 rings (SSSR count). The van der Waals surface area contributed by atoms with Crippen LogP contribution in [0.5, 0.6) is 0 Å². The lowest BCUT2D eigenvalue weighted by molar-refractivity contribution is 0.0905. The second-order valence-corrected chi connectivity index (χ2v) is 4.79. The topological polar surface area (TPSA) is 41.1 Å². The third kappa shape index (κ3) is 3.07. The van der Waals surface area contributed by atoms with Gasteiger partial charge in [-0.3, -0.25) is 4.79 Å². The Morgan fingerprint density at radius 3 is 2.53 bits per heavy atom. The zero-order valence-electron chi connectivity index (χ0n) is 10.5. The van der Waals surface area contributed by atoms with Gasteiger partial charge in [0.15, 0.2) is 0 Å². The van der Waals surface area contributed by atoms with Gasteiger partial charge in [0.25, 0.3) is 5.91 Å². The SMILES string of the molecule is C[C@H]1CNCC[C@@H]1NC(=O)c1c(F)cc(F)cc1F. The summed E-state index contributed by atoms with van der Waals surface area (Å²) in [7, 11) is 0. The third-order valence-corrected chi connectivity index (χ3v) is 3.34. The highest BCUT2D eigenvalue weighted by Crippen LogP contribution is 2.17. The summed E-state index contributed by atoms with van der Waals surface area (Å²) in [4.78, 5) is 11.9. The molecular formula is C13H15F3N2O. The van der Waals surface area contributed by atoms with E-state index in [0.29, 0.717) is 18.6 Å². The maximum Gasteiger partial charge on any atom is 0.257 e. The highest BCUT2D eigenvalue weighted by molar-refractivity contribution is 5.95. The zero-order chi connectivity index (χ0) is 14.0. The van der Waals surface area contributed by atoms with E-state index >= 15 is 0 Å². The van der Waals surface area contributed by atoms with Gasteiger partial charge in [0, 0.05) is 18.2 Å². The van der Waals surface area contributed by atoms with E-state index in [2.05, 4.69) is 10.6 Å². The molecule has 0 aliphatic carbocycles. The number of hydrogen-bond acceptors (Lipinski definition) is 2. The number of carbonyl (C=O) groups is 1. The second-order valence-electron chi connectivity index (χ2n) is 4.79. The van der Waals surface area contributed by atoms with Gasteiger partial charge >= 0.3 is 0 Å². The standard InChI is InChI=1S/C13H15F3N2O/c1-7-6-17-3-2-11(7)18-13(19)12-9(15)4-8(14)5-10(12)16/h4-5,7,11,17H,2-3,6H2,1H3,(H,18,19)/t7-,11-/m0/s1. The lowest BCUT2D eigenvalue weighted by Crippen LogP contribution is -2.48. The van der Waals surface area contributed by atoms with Gasteiger partial charge in [-0.1, -0.05) is 6.92 Å². The predicted molar refractivity (Wildman–Crippen MR) is 64.2 cm³/mol. The van der Waals surface area contributed by atoms with Gasteiger partial charge in [0.2, 0.25) is 0 Å². The zero-order valence-corrected chi connectivity index (χ0v) is 10.5. The Kier molecular flexibility index (Phi) is 4.09. The summed E-state index contributed by atoms with van der Waals surface area (Å²) in [5.74, 6) is -4.08. The van der Waals surface area contributed by atoms with E-state index in [4.69, 9.17) is 0 Å². The Labute approximate surface area is 109 Å². The fourth-order valence-corrected chi connectivity index (χ4v) is 2.23. The van der Waals surface area contributed by atoms with Crippen molar-refractivity contribution in [3.8, 4) is 0 Å². The molecule has 0 saturated carbocycles. The Balaban J connectivity index is 2.16. The monoisotopic (exact) mass is 272 g/mol. The molecule has 1 aromatic carbocycles. The lowest BCUT2D eigenvalue weighted by Gasteiger charge is -2.30. The Bertz CT molecular complexity index is 470. The summed E-state index contributed by atoms with van der Waals surface area (Å²) in [5, 5.41) is 5.76. The molecule has 0 unspecified atom stereocenters. The minimum Gasteiger partial charge on any atom is -0.349 e. The number of hydrogen-bond donors (Lipinski definition) is 2. The molecule has 1 saturated heterocycles. The first-order valence-corrected chi connectivity index (χ1v) is 6.15. The molecule has 0 aromatic heterocycles. The second kappa shape index (κ2) is 5.61. The number of piperidine rings is 1. The molecule has 2 N–H and O–H groups in total. The summed E-state index contributed by atoms with van der Waals surface area (Å²) >= 11 is 0. The minimum atomic E-state index is -1.18. The van der Waals surface area contributed by atoms with E-state index < -0.39 is 28.9 Å². The summed E-state index contributed by atoms with van der Waals surface area (Å²) < 4.78 is 39.7. The van der Waals surface area contributed by atoms with Crippen LogP contribution >= 0.6 is 0 Å². The molecular weight excluding hydrogens is 257 g/mol. The smallest absolute Gasteiger partial charge is 0.257 e. The van der Waals surface area contributed by atoms with Crippen molar-refractivity contribution in [3.63, 3.8) is 0 Å². The van der Waals surface area contributed by atoms with E-state index in [1.165, 1.54) is 0 Å².